The van der Waals surface area contributed by atoms with Crippen molar-refractivity contribution in [3.63, 3.8) is 0 Å². The molecule has 0 spiro atoms. The predicted octanol–water partition coefficient (Wildman–Crippen LogP) is 4.56. The summed E-state index contributed by atoms with van der Waals surface area (Å²) >= 11 is 7.27. The number of thioether (sulfide) groups is 1. The van der Waals surface area contributed by atoms with E-state index in [0.29, 0.717) is 29.0 Å². The molecule has 0 aliphatic carbocycles. The summed E-state index contributed by atoms with van der Waals surface area (Å²) in [5, 5.41) is 3.38. The number of hydrogen-bond acceptors (Lipinski definition) is 5. The molecular formula is C22H24ClN3O3S. The first-order chi connectivity index (χ1) is 14.4. The number of benzene rings is 2. The summed E-state index contributed by atoms with van der Waals surface area (Å²) in [7, 11) is 1.59. The van der Waals surface area contributed by atoms with Crippen molar-refractivity contribution in [2.75, 3.05) is 25.6 Å². The van der Waals surface area contributed by atoms with E-state index in [9.17, 15) is 9.59 Å². The number of nitrogens with one attached hydrogen (secondary N) is 1. The molecule has 0 saturated carbocycles. The average molecular weight is 446 g/mol. The molecule has 6 nitrogen and oxygen atoms in total. The number of nitrogens with zero attached hydrogens (tertiary/aromatic N) is 2. The zero-order valence-electron chi connectivity index (χ0n) is 17.1. The Morgan fingerprint density at radius 1 is 1.23 bits per heavy atom. The van der Waals surface area contributed by atoms with Crippen molar-refractivity contribution in [3.8, 4) is 0 Å². The Hall–Kier alpha value is -2.35. The van der Waals surface area contributed by atoms with Crippen LogP contribution in [-0.2, 0) is 14.3 Å². The molecule has 3 rings (SSSR count). The highest BCUT2D eigenvalue weighted by atomic mass is 35.5. The molecule has 0 aromatic heterocycles. The van der Waals surface area contributed by atoms with Crippen LogP contribution in [0, 0.1) is 13.8 Å². The van der Waals surface area contributed by atoms with Gasteiger partial charge in [0.05, 0.1) is 18.8 Å². The largest absolute Gasteiger partial charge is 0.383 e. The number of aryl methyl sites for hydroxylation is 2. The number of rotatable bonds is 7. The first kappa shape index (κ1) is 22.3. The van der Waals surface area contributed by atoms with Crippen LogP contribution in [-0.4, -0.2) is 47.4 Å². The molecule has 2 amide bonds. The molecule has 1 heterocycles. The fourth-order valence-corrected chi connectivity index (χ4v) is 4.56. The van der Waals surface area contributed by atoms with Gasteiger partial charge in [0.2, 0.25) is 11.8 Å². The second-order valence-corrected chi connectivity index (χ2v) is 8.70. The summed E-state index contributed by atoms with van der Waals surface area (Å²) in [6.07, 6.45) is 0.0470. The third-order valence-electron chi connectivity index (χ3n) is 4.45. The molecule has 1 aliphatic rings. The van der Waals surface area contributed by atoms with Gasteiger partial charge >= 0.3 is 0 Å². The number of methoxy groups -OCH3 is 1. The molecule has 0 bridgehead atoms. The summed E-state index contributed by atoms with van der Waals surface area (Å²) in [6.45, 7) is 4.79. The maximum atomic E-state index is 13.0. The molecule has 158 valence electrons. The number of amides is 2. The first-order valence-corrected chi connectivity index (χ1v) is 10.8. The molecule has 2 aromatic carbocycles. The first-order valence-electron chi connectivity index (χ1n) is 9.55. The van der Waals surface area contributed by atoms with Crippen LogP contribution in [0.15, 0.2) is 47.5 Å². The van der Waals surface area contributed by atoms with Crippen LogP contribution in [0.4, 0.5) is 11.4 Å². The molecular weight excluding hydrogens is 422 g/mol. The van der Waals surface area contributed by atoms with Gasteiger partial charge in [0, 0.05) is 24.2 Å². The minimum Gasteiger partial charge on any atom is -0.383 e. The number of carbonyl (C=O) groups is 2. The van der Waals surface area contributed by atoms with Gasteiger partial charge in [0.25, 0.3) is 0 Å². The SMILES string of the molecule is COCCN1C(=O)C(CC(=O)Nc2cccc(Cl)c2)SC1=Nc1cc(C)cc(C)c1. The summed E-state index contributed by atoms with van der Waals surface area (Å²) in [4.78, 5) is 31.8. The van der Waals surface area contributed by atoms with Crippen LogP contribution < -0.4 is 5.32 Å². The van der Waals surface area contributed by atoms with E-state index in [1.807, 2.05) is 26.0 Å². The van der Waals surface area contributed by atoms with E-state index in [1.165, 1.54) is 11.8 Å². The Labute approximate surface area is 185 Å². The van der Waals surface area contributed by atoms with Gasteiger partial charge in [-0.2, -0.15) is 0 Å². The van der Waals surface area contributed by atoms with E-state index < -0.39 is 5.25 Å². The summed E-state index contributed by atoms with van der Waals surface area (Å²) < 4.78 is 5.15. The minimum absolute atomic E-state index is 0.0470. The lowest BCUT2D eigenvalue weighted by Crippen LogP contribution is -2.35. The highest BCUT2D eigenvalue weighted by Crippen LogP contribution is 2.32. The van der Waals surface area contributed by atoms with E-state index in [2.05, 4.69) is 11.4 Å². The summed E-state index contributed by atoms with van der Waals surface area (Å²) in [5.41, 5.74) is 3.59. The van der Waals surface area contributed by atoms with Crippen molar-refractivity contribution < 1.29 is 14.3 Å². The Morgan fingerprint density at radius 2 is 1.97 bits per heavy atom. The van der Waals surface area contributed by atoms with Crippen molar-refractivity contribution in [1.82, 2.24) is 4.90 Å². The monoisotopic (exact) mass is 445 g/mol. The normalized spacial score (nSPS) is 17.6. The zero-order valence-corrected chi connectivity index (χ0v) is 18.7. The number of carbonyl (C=O) groups excluding carboxylic acids is 2. The van der Waals surface area contributed by atoms with Crippen molar-refractivity contribution in [3.05, 3.63) is 58.6 Å². The Bertz CT molecular complexity index is 960. The van der Waals surface area contributed by atoms with Gasteiger partial charge in [0.15, 0.2) is 5.17 Å². The van der Waals surface area contributed by atoms with Gasteiger partial charge in [-0.15, -0.1) is 0 Å². The standard InChI is InChI=1S/C22H24ClN3O3S/c1-14-9-15(2)11-18(10-14)25-22-26(7-8-29-3)21(28)19(30-22)13-20(27)24-17-6-4-5-16(23)12-17/h4-6,9-12,19H,7-8,13H2,1-3H3,(H,24,27). The molecule has 1 fully saturated rings. The van der Waals surface area contributed by atoms with Crippen molar-refractivity contribution in [2.45, 2.75) is 25.5 Å². The maximum absolute atomic E-state index is 13.0. The van der Waals surface area contributed by atoms with Gasteiger partial charge in [-0.1, -0.05) is 35.5 Å². The topological polar surface area (TPSA) is 71.0 Å². The highest BCUT2D eigenvalue weighted by Gasteiger charge is 2.39. The molecule has 30 heavy (non-hydrogen) atoms. The Balaban J connectivity index is 1.76. The molecule has 1 saturated heterocycles. The number of aliphatic imine (C=N–C) groups is 1. The number of hydrogen-bond donors (Lipinski definition) is 1. The molecule has 1 unspecified atom stereocenters. The van der Waals surface area contributed by atoms with Gasteiger partial charge < -0.3 is 10.1 Å². The maximum Gasteiger partial charge on any atom is 0.242 e. The predicted molar refractivity (Wildman–Crippen MR) is 123 cm³/mol. The van der Waals surface area contributed by atoms with Gasteiger partial charge in [-0.3, -0.25) is 14.5 Å². The van der Waals surface area contributed by atoms with E-state index in [0.717, 1.165) is 16.8 Å². The quantitative estimate of drug-likeness (QED) is 0.678. The molecule has 2 aromatic rings. The minimum atomic E-state index is -0.536. The van der Waals surface area contributed by atoms with Gasteiger partial charge in [-0.25, -0.2) is 4.99 Å². The third kappa shape index (κ3) is 5.84. The van der Waals surface area contributed by atoms with Crippen LogP contribution in [0.3, 0.4) is 0 Å². The number of ether oxygens (including phenoxy) is 1. The summed E-state index contributed by atoms with van der Waals surface area (Å²) in [5.74, 6) is -0.385. The van der Waals surface area contributed by atoms with Crippen LogP contribution in [0.5, 0.6) is 0 Å². The smallest absolute Gasteiger partial charge is 0.242 e. The molecule has 1 aliphatic heterocycles. The fourth-order valence-electron chi connectivity index (χ4n) is 3.19. The lowest BCUT2D eigenvalue weighted by Gasteiger charge is -2.16. The van der Waals surface area contributed by atoms with E-state index in [-0.39, 0.29) is 18.2 Å². The molecule has 1 N–H and O–H groups in total. The van der Waals surface area contributed by atoms with E-state index in [1.54, 1.807) is 36.3 Å². The van der Waals surface area contributed by atoms with Gasteiger partial charge in [-0.05, 0) is 55.3 Å². The fraction of sp³-hybridized carbons (Fsp3) is 0.318. The third-order valence-corrected chi connectivity index (χ3v) is 5.86. The van der Waals surface area contributed by atoms with Crippen LogP contribution in [0.2, 0.25) is 5.02 Å². The average Bonchev–Trinajstić information content (AvgIpc) is 2.93. The van der Waals surface area contributed by atoms with Crippen molar-refractivity contribution in [1.29, 1.82) is 0 Å². The number of amidine groups is 1. The molecule has 1 atom stereocenters. The Kier molecular flexibility index (Phi) is 7.53. The zero-order chi connectivity index (χ0) is 21.7. The van der Waals surface area contributed by atoms with Gasteiger partial charge in [0.1, 0.15) is 5.25 Å². The van der Waals surface area contributed by atoms with Crippen molar-refractivity contribution in [2.24, 2.45) is 4.99 Å². The Morgan fingerprint density at radius 3 is 2.63 bits per heavy atom. The second kappa shape index (κ2) is 10.1. The molecule has 0 radical (unpaired) electrons. The summed E-state index contributed by atoms with van der Waals surface area (Å²) in [6, 6.07) is 12.9. The molecule has 8 heteroatoms. The van der Waals surface area contributed by atoms with Crippen LogP contribution >= 0.6 is 23.4 Å². The van der Waals surface area contributed by atoms with E-state index in [4.69, 9.17) is 21.3 Å². The number of halogens is 1. The second-order valence-electron chi connectivity index (χ2n) is 7.09. The highest BCUT2D eigenvalue weighted by molar-refractivity contribution is 8.15. The lowest BCUT2D eigenvalue weighted by molar-refractivity contribution is -0.128. The number of anilines is 1. The van der Waals surface area contributed by atoms with E-state index >= 15 is 0 Å². The van der Waals surface area contributed by atoms with Crippen molar-refractivity contribution >= 4 is 51.7 Å². The lowest BCUT2D eigenvalue weighted by atomic mass is 10.1. The van der Waals surface area contributed by atoms with Crippen LogP contribution in [0.25, 0.3) is 0 Å². The van der Waals surface area contributed by atoms with Crippen LogP contribution in [0.1, 0.15) is 17.5 Å².